The summed E-state index contributed by atoms with van der Waals surface area (Å²) in [4.78, 5) is 70.8. The van der Waals surface area contributed by atoms with Gasteiger partial charge in [-0.2, -0.15) is 0 Å². The summed E-state index contributed by atoms with van der Waals surface area (Å²) in [5, 5.41) is 14.7. The number of nitrogens with one attached hydrogen (secondary N) is 6. The smallest absolute Gasteiger partial charge is 0.251 e. The SMILES string of the molecule is O=C(CNC(=O)CNC(=O)c1ccccc1)NCCNC(=O)CNC(=O)CNC(=O)c1ccccc1. The Hall–Kier alpha value is -4.74. The lowest BCUT2D eigenvalue weighted by Crippen LogP contribution is -2.45. The molecule has 36 heavy (non-hydrogen) atoms. The second-order valence-electron chi connectivity index (χ2n) is 7.35. The zero-order chi connectivity index (χ0) is 26.2. The van der Waals surface area contributed by atoms with Crippen molar-refractivity contribution in [2.24, 2.45) is 0 Å². The van der Waals surface area contributed by atoms with E-state index in [4.69, 9.17) is 0 Å². The van der Waals surface area contributed by atoms with Crippen LogP contribution in [0.15, 0.2) is 60.7 Å². The fourth-order valence-corrected chi connectivity index (χ4v) is 2.72. The van der Waals surface area contributed by atoms with E-state index in [1.165, 1.54) is 0 Å². The van der Waals surface area contributed by atoms with Gasteiger partial charge in [0.1, 0.15) is 0 Å². The molecule has 0 heterocycles. The molecule has 12 nitrogen and oxygen atoms in total. The van der Waals surface area contributed by atoms with Crippen molar-refractivity contribution in [2.45, 2.75) is 0 Å². The van der Waals surface area contributed by atoms with Gasteiger partial charge in [-0.15, -0.1) is 0 Å². The molecule has 6 amide bonds. The van der Waals surface area contributed by atoms with E-state index in [1.807, 2.05) is 0 Å². The first kappa shape index (κ1) is 27.5. The number of amides is 6. The van der Waals surface area contributed by atoms with Crippen LogP contribution in [0.5, 0.6) is 0 Å². The van der Waals surface area contributed by atoms with E-state index in [0.29, 0.717) is 11.1 Å². The fourth-order valence-electron chi connectivity index (χ4n) is 2.72. The zero-order valence-corrected chi connectivity index (χ0v) is 19.5. The van der Waals surface area contributed by atoms with Crippen LogP contribution in [-0.2, 0) is 19.2 Å². The van der Waals surface area contributed by atoms with Crippen molar-refractivity contribution in [3.63, 3.8) is 0 Å². The third kappa shape index (κ3) is 10.9. The summed E-state index contributed by atoms with van der Waals surface area (Å²) in [5.41, 5.74) is 0.832. The topological polar surface area (TPSA) is 175 Å². The van der Waals surface area contributed by atoms with Crippen molar-refractivity contribution in [1.29, 1.82) is 0 Å². The summed E-state index contributed by atoms with van der Waals surface area (Å²) in [6.45, 7) is -0.937. The lowest BCUT2D eigenvalue weighted by molar-refractivity contribution is -0.126. The molecule has 2 aromatic carbocycles. The van der Waals surface area contributed by atoms with Gasteiger partial charge in [0.25, 0.3) is 11.8 Å². The van der Waals surface area contributed by atoms with E-state index in [-0.39, 0.29) is 39.3 Å². The Kier molecular flexibility index (Phi) is 11.6. The molecule has 0 aromatic heterocycles. The average Bonchev–Trinajstić information content (AvgIpc) is 2.91. The van der Waals surface area contributed by atoms with E-state index < -0.39 is 35.4 Å². The Morgan fingerprint density at radius 3 is 1.08 bits per heavy atom. The minimum Gasteiger partial charge on any atom is -0.353 e. The standard InChI is InChI=1S/C24H28N6O6/c31-19(13-27-21(33)15-29-23(35)17-7-3-1-4-8-17)25-11-12-26-20(32)14-28-22(34)16-30-24(36)18-9-5-2-6-10-18/h1-10H,11-16H2,(H,25,31)(H,26,32)(H,27,33)(H,28,34)(H,29,35)(H,30,36). The maximum atomic E-state index is 11.9. The lowest BCUT2D eigenvalue weighted by Gasteiger charge is -2.10. The Labute approximate surface area is 207 Å². The molecular formula is C24H28N6O6. The molecule has 2 aromatic rings. The van der Waals surface area contributed by atoms with Crippen LogP contribution in [0.1, 0.15) is 20.7 Å². The number of hydrogen-bond donors (Lipinski definition) is 6. The molecule has 0 saturated carbocycles. The van der Waals surface area contributed by atoms with Crippen molar-refractivity contribution in [3.8, 4) is 0 Å². The Balaban J connectivity index is 1.49. The summed E-state index contributed by atoms with van der Waals surface area (Å²) >= 11 is 0. The van der Waals surface area contributed by atoms with Gasteiger partial charge in [-0.25, -0.2) is 0 Å². The first-order valence-electron chi connectivity index (χ1n) is 11.1. The zero-order valence-electron chi connectivity index (χ0n) is 19.5. The van der Waals surface area contributed by atoms with Crippen molar-refractivity contribution < 1.29 is 28.8 Å². The molecule has 0 aliphatic heterocycles. The van der Waals surface area contributed by atoms with Crippen LogP contribution in [0.2, 0.25) is 0 Å². The third-order valence-electron chi connectivity index (χ3n) is 4.55. The van der Waals surface area contributed by atoms with E-state index in [9.17, 15) is 28.8 Å². The quantitative estimate of drug-likeness (QED) is 0.180. The molecule has 0 fully saturated rings. The largest absolute Gasteiger partial charge is 0.353 e. The Bertz CT molecular complexity index is 976. The van der Waals surface area contributed by atoms with Crippen molar-refractivity contribution in [3.05, 3.63) is 71.8 Å². The maximum absolute atomic E-state index is 11.9. The van der Waals surface area contributed by atoms with Gasteiger partial charge in [-0.3, -0.25) is 28.8 Å². The molecule has 0 radical (unpaired) electrons. The van der Waals surface area contributed by atoms with Gasteiger partial charge in [0, 0.05) is 24.2 Å². The second kappa shape index (κ2) is 15.2. The number of rotatable bonds is 13. The van der Waals surface area contributed by atoms with Gasteiger partial charge in [0.15, 0.2) is 0 Å². The van der Waals surface area contributed by atoms with Crippen LogP contribution in [0, 0.1) is 0 Å². The van der Waals surface area contributed by atoms with Crippen molar-refractivity contribution >= 4 is 35.4 Å². The Morgan fingerprint density at radius 1 is 0.417 bits per heavy atom. The molecule has 0 atom stereocenters. The van der Waals surface area contributed by atoms with E-state index in [1.54, 1.807) is 60.7 Å². The molecule has 0 spiro atoms. The number of carbonyl (C=O) groups excluding carboxylic acids is 6. The van der Waals surface area contributed by atoms with E-state index >= 15 is 0 Å². The molecule has 0 aliphatic rings. The summed E-state index contributed by atoms with van der Waals surface area (Å²) in [6.07, 6.45) is 0. The number of hydrogen-bond acceptors (Lipinski definition) is 6. The molecule has 6 N–H and O–H groups in total. The van der Waals surface area contributed by atoms with E-state index in [0.717, 1.165) is 0 Å². The van der Waals surface area contributed by atoms with Crippen LogP contribution < -0.4 is 31.9 Å². The van der Waals surface area contributed by atoms with Crippen LogP contribution in [0.25, 0.3) is 0 Å². The monoisotopic (exact) mass is 496 g/mol. The number of benzene rings is 2. The molecular weight excluding hydrogens is 468 g/mol. The minimum absolute atomic E-state index is 0.103. The van der Waals surface area contributed by atoms with Crippen molar-refractivity contribution in [2.75, 3.05) is 39.3 Å². The Morgan fingerprint density at radius 2 is 0.722 bits per heavy atom. The van der Waals surface area contributed by atoms with Gasteiger partial charge in [0.2, 0.25) is 23.6 Å². The van der Waals surface area contributed by atoms with E-state index in [2.05, 4.69) is 31.9 Å². The fraction of sp³-hybridized carbons (Fsp3) is 0.250. The summed E-state index contributed by atoms with van der Waals surface area (Å²) < 4.78 is 0. The third-order valence-corrected chi connectivity index (χ3v) is 4.55. The highest BCUT2D eigenvalue weighted by Gasteiger charge is 2.10. The normalized spacial score (nSPS) is 9.89. The highest BCUT2D eigenvalue weighted by molar-refractivity contribution is 5.97. The molecule has 0 bridgehead atoms. The summed E-state index contributed by atoms with van der Waals surface area (Å²) in [7, 11) is 0. The highest BCUT2D eigenvalue weighted by Crippen LogP contribution is 1.98. The van der Waals surface area contributed by atoms with Gasteiger partial charge in [0.05, 0.1) is 26.2 Å². The molecule has 0 saturated heterocycles. The predicted octanol–water partition coefficient (Wildman–Crippen LogP) is -1.69. The van der Waals surface area contributed by atoms with Gasteiger partial charge in [-0.05, 0) is 24.3 Å². The minimum atomic E-state index is -0.529. The van der Waals surface area contributed by atoms with Crippen LogP contribution in [0.3, 0.4) is 0 Å². The van der Waals surface area contributed by atoms with Gasteiger partial charge in [-0.1, -0.05) is 36.4 Å². The number of carbonyl (C=O) groups is 6. The first-order chi connectivity index (χ1) is 17.3. The average molecular weight is 497 g/mol. The van der Waals surface area contributed by atoms with Crippen molar-refractivity contribution in [1.82, 2.24) is 31.9 Å². The highest BCUT2D eigenvalue weighted by atomic mass is 16.2. The van der Waals surface area contributed by atoms with Crippen LogP contribution in [-0.4, -0.2) is 74.7 Å². The molecule has 2 rings (SSSR count). The first-order valence-corrected chi connectivity index (χ1v) is 11.1. The van der Waals surface area contributed by atoms with Gasteiger partial charge >= 0.3 is 0 Å². The molecule has 190 valence electrons. The molecule has 12 heteroatoms. The lowest BCUT2D eigenvalue weighted by atomic mass is 10.2. The molecule has 0 aliphatic carbocycles. The summed E-state index contributed by atoms with van der Waals surface area (Å²) in [5.74, 6) is -2.82. The van der Waals surface area contributed by atoms with Crippen LogP contribution in [0.4, 0.5) is 0 Å². The van der Waals surface area contributed by atoms with Gasteiger partial charge < -0.3 is 31.9 Å². The maximum Gasteiger partial charge on any atom is 0.251 e. The summed E-state index contributed by atoms with van der Waals surface area (Å²) in [6, 6.07) is 16.8. The predicted molar refractivity (Wildman–Crippen MR) is 130 cm³/mol. The molecule has 0 unspecified atom stereocenters. The second-order valence-corrected chi connectivity index (χ2v) is 7.35. The van der Waals surface area contributed by atoms with Crippen LogP contribution >= 0.6 is 0 Å².